The van der Waals surface area contributed by atoms with Crippen molar-refractivity contribution in [1.29, 1.82) is 0 Å². The van der Waals surface area contributed by atoms with E-state index in [0.717, 1.165) is 6.42 Å². The summed E-state index contributed by atoms with van der Waals surface area (Å²) >= 11 is 0. The number of fused-ring (bicyclic) bond motifs is 1. The van der Waals surface area contributed by atoms with Gasteiger partial charge in [0.05, 0.1) is 0 Å². The first-order valence-corrected chi connectivity index (χ1v) is 10.7. The molecule has 0 atom stereocenters. The minimum Gasteiger partial charge on any atom is -0.0813 e. The zero-order chi connectivity index (χ0) is 21.5. The van der Waals surface area contributed by atoms with Crippen LogP contribution in [0.25, 0.3) is 16.3 Å². The molecule has 0 nitrogen and oxygen atoms in total. The summed E-state index contributed by atoms with van der Waals surface area (Å²) in [6.45, 7) is 18.8. The summed E-state index contributed by atoms with van der Waals surface area (Å²) in [5.41, 5.74) is 6.89. The molecule has 0 aliphatic heterocycles. The molecule has 0 amide bonds. The maximum absolute atomic E-state index is 2.27. The lowest BCUT2D eigenvalue weighted by Crippen LogP contribution is -1.83. The molecule has 152 valence electrons. The van der Waals surface area contributed by atoms with Crippen LogP contribution in [0.5, 0.6) is 0 Å². The molecule has 0 saturated heterocycles. The largest absolute Gasteiger partial charge is 0.0813 e. The quantitative estimate of drug-likeness (QED) is 0.418. The van der Waals surface area contributed by atoms with Crippen molar-refractivity contribution in [2.75, 3.05) is 0 Å². The molecule has 0 heteroatoms. The van der Waals surface area contributed by atoms with Crippen LogP contribution in [0.1, 0.15) is 70.2 Å². The lowest BCUT2D eigenvalue weighted by atomic mass is 10.0. The molecule has 3 rings (SSSR count). The van der Waals surface area contributed by atoms with Gasteiger partial charge in [-0.2, -0.15) is 0 Å². The van der Waals surface area contributed by atoms with Crippen molar-refractivity contribution in [2.45, 2.75) is 68.7 Å². The first kappa shape index (κ1) is 25.7. The molecule has 0 fully saturated rings. The zero-order valence-corrected chi connectivity index (χ0v) is 19.6. The van der Waals surface area contributed by atoms with Crippen LogP contribution in [-0.4, -0.2) is 0 Å². The van der Waals surface area contributed by atoms with Crippen LogP contribution >= 0.6 is 0 Å². The number of rotatable bonds is 2. The van der Waals surface area contributed by atoms with Gasteiger partial charge in [-0.3, -0.25) is 0 Å². The number of hydrogen-bond acceptors (Lipinski definition) is 0. The van der Waals surface area contributed by atoms with E-state index in [2.05, 4.69) is 101 Å². The standard InChI is InChI=1S/C12H12.C12H16.2C2H6/c1-9-7-8-11-5-3-4-6-12(11)10(9)2;1-4-7-10(2)12-9-6-5-8-11(12)3;2*1-2/h3-8H,1-2H3;5-9H,4H2,1-3H3;2*1-2H3/b;10-7-;;. The topological polar surface area (TPSA) is 0 Å². The fourth-order valence-corrected chi connectivity index (χ4v) is 2.97. The van der Waals surface area contributed by atoms with Crippen LogP contribution in [0.3, 0.4) is 0 Å². The molecule has 0 aromatic heterocycles. The smallest absolute Gasteiger partial charge is 0.0152 e. The van der Waals surface area contributed by atoms with Gasteiger partial charge in [-0.05, 0) is 72.7 Å². The molecule has 0 unspecified atom stereocenters. The van der Waals surface area contributed by atoms with Gasteiger partial charge in [0, 0.05) is 0 Å². The number of allylic oxidation sites excluding steroid dienone is 2. The van der Waals surface area contributed by atoms with Crippen molar-refractivity contribution in [1.82, 2.24) is 0 Å². The minimum atomic E-state index is 1.11. The lowest BCUT2D eigenvalue weighted by molar-refractivity contribution is 1.22. The summed E-state index contributed by atoms with van der Waals surface area (Å²) in [5, 5.41) is 2.71. The highest BCUT2D eigenvalue weighted by molar-refractivity contribution is 5.86. The van der Waals surface area contributed by atoms with Crippen molar-refractivity contribution in [2.24, 2.45) is 0 Å². The van der Waals surface area contributed by atoms with E-state index >= 15 is 0 Å². The Kier molecular flexibility index (Phi) is 13.5. The molecule has 0 aliphatic rings. The monoisotopic (exact) mass is 376 g/mol. The average Bonchev–Trinajstić information content (AvgIpc) is 2.75. The molecule has 28 heavy (non-hydrogen) atoms. The Morgan fingerprint density at radius 2 is 1.29 bits per heavy atom. The summed E-state index contributed by atoms with van der Waals surface area (Å²) in [4.78, 5) is 0. The number of hydrogen-bond donors (Lipinski definition) is 0. The van der Waals surface area contributed by atoms with Gasteiger partial charge in [0.2, 0.25) is 0 Å². The molecule has 0 spiro atoms. The zero-order valence-electron chi connectivity index (χ0n) is 19.6. The Hall–Kier alpha value is -2.34. The summed E-state index contributed by atoms with van der Waals surface area (Å²) in [5.74, 6) is 0. The molecule has 0 aliphatic carbocycles. The fourth-order valence-electron chi connectivity index (χ4n) is 2.97. The van der Waals surface area contributed by atoms with Crippen LogP contribution in [0.15, 0.2) is 66.7 Å². The Morgan fingerprint density at radius 3 is 1.89 bits per heavy atom. The Bertz CT molecular complexity index is 838. The molecular formula is C28H40. The molecule has 0 saturated carbocycles. The maximum Gasteiger partial charge on any atom is -0.0152 e. The van der Waals surface area contributed by atoms with Crippen LogP contribution < -0.4 is 0 Å². The highest BCUT2D eigenvalue weighted by atomic mass is 14.0. The molecule has 3 aromatic rings. The van der Waals surface area contributed by atoms with E-state index in [-0.39, 0.29) is 0 Å². The molecule has 0 bridgehead atoms. The van der Waals surface area contributed by atoms with E-state index in [4.69, 9.17) is 0 Å². The second kappa shape index (κ2) is 14.7. The highest BCUT2D eigenvalue weighted by Gasteiger charge is 1.98. The van der Waals surface area contributed by atoms with Gasteiger partial charge in [-0.1, -0.05) is 101 Å². The van der Waals surface area contributed by atoms with E-state index in [1.807, 2.05) is 27.7 Å². The predicted molar refractivity (Wildman–Crippen MR) is 131 cm³/mol. The Labute approximate surface area is 174 Å². The van der Waals surface area contributed by atoms with Gasteiger partial charge in [-0.25, -0.2) is 0 Å². The van der Waals surface area contributed by atoms with Crippen molar-refractivity contribution in [3.63, 3.8) is 0 Å². The third-order valence-electron chi connectivity index (χ3n) is 4.55. The number of benzene rings is 3. The first-order valence-electron chi connectivity index (χ1n) is 10.7. The fraction of sp³-hybridized carbons (Fsp3) is 0.357. The van der Waals surface area contributed by atoms with Gasteiger partial charge in [0.15, 0.2) is 0 Å². The van der Waals surface area contributed by atoms with Gasteiger partial charge in [0.1, 0.15) is 0 Å². The average molecular weight is 377 g/mol. The molecular weight excluding hydrogens is 336 g/mol. The summed E-state index contributed by atoms with van der Waals surface area (Å²) in [7, 11) is 0. The highest BCUT2D eigenvalue weighted by Crippen LogP contribution is 2.20. The number of aryl methyl sites for hydroxylation is 3. The van der Waals surface area contributed by atoms with Gasteiger partial charge < -0.3 is 0 Å². The lowest BCUT2D eigenvalue weighted by Gasteiger charge is -2.04. The van der Waals surface area contributed by atoms with Crippen molar-refractivity contribution >= 4 is 16.3 Å². The SMILES string of the molecule is CC.CC.CC/C=C(/C)c1ccccc1C.Cc1ccc2ccccc2c1C. The van der Waals surface area contributed by atoms with Crippen LogP contribution in [0.4, 0.5) is 0 Å². The predicted octanol–water partition coefficient (Wildman–Crippen LogP) is 9.32. The van der Waals surface area contributed by atoms with Crippen molar-refractivity contribution in [3.8, 4) is 0 Å². The van der Waals surface area contributed by atoms with E-state index in [9.17, 15) is 0 Å². The summed E-state index contributed by atoms with van der Waals surface area (Å²) in [6.07, 6.45) is 3.38. The van der Waals surface area contributed by atoms with Crippen molar-refractivity contribution in [3.05, 3.63) is 89.0 Å². The van der Waals surface area contributed by atoms with E-state index in [1.54, 1.807) is 0 Å². The van der Waals surface area contributed by atoms with E-state index < -0.39 is 0 Å². The Morgan fingerprint density at radius 1 is 0.714 bits per heavy atom. The molecule has 0 heterocycles. The second-order valence-electron chi connectivity index (χ2n) is 6.34. The van der Waals surface area contributed by atoms with Gasteiger partial charge in [-0.15, -0.1) is 0 Å². The molecule has 0 radical (unpaired) electrons. The second-order valence-corrected chi connectivity index (χ2v) is 6.34. The Balaban J connectivity index is 0.000000443. The third kappa shape index (κ3) is 7.72. The maximum atomic E-state index is 2.27. The van der Waals surface area contributed by atoms with Crippen LogP contribution in [0.2, 0.25) is 0 Å². The molecule has 0 N–H and O–H groups in total. The van der Waals surface area contributed by atoms with E-state index in [1.165, 1.54) is 38.6 Å². The first-order chi connectivity index (χ1) is 13.5. The van der Waals surface area contributed by atoms with Crippen LogP contribution in [-0.2, 0) is 0 Å². The van der Waals surface area contributed by atoms with E-state index in [0.29, 0.717) is 0 Å². The van der Waals surface area contributed by atoms with Crippen LogP contribution in [0, 0.1) is 20.8 Å². The normalized spacial score (nSPS) is 9.96. The van der Waals surface area contributed by atoms with Gasteiger partial charge >= 0.3 is 0 Å². The third-order valence-corrected chi connectivity index (χ3v) is 4.55. The molecule has 3 aromatic carbocycles. The summed E-state index contributed by atoms with van der Waals surface area (Å²) < 4.78 is 0. The summed E-state index contributed by atoms with van der Waals surface area (Å²) in [6, 6.07) is 21.4. The van der Waals surface area contributed by atoms with Crippen molar-refractivity contribution < 1.29 is 0 Å². The minimum absolute atomic E-state index is 1.11. The van der Waals surface area contributed by atoms with Gasteiger partial charge in [0.25, 0.3) is 0 Å².